The summed E-state index contributed by atoms with van der Waals surface area (Å²) in [6, 6.07) is 0. The Kier molecular flexibility index (Phi) is 0.675. The van der Waals surface area contributed by atoms with Crippen molar-refractivity contribution in [2.45, 2.75) is 6.92 Å². The van der Waals surface area contributed by atoms with E-state index >= 15 is 0 Å². The Morgan fingerprint density at radius 2 is 2.50 bits per heavy atom. The molecule has 0 atom stereocenters. The zero-order valence-corrected chi connectivity index (χ0v) is 3.73. The maximum Gasteiger partial charge on any atom is 0.0540 e. The van der Waals surface area contributed by atoms with Crippen LogP contribution in [0.5, 0.6) is 0 Å². The van der Waals surface area contributed by atoms with Gasteiger partial charge in [0.1, 0.15) is 0 Å². The first-order chi connectivity index (χ1) is 2.93. The van der Waals surface area contributed by atoms with Crippen molar-refractivity contribution in [3.05, 3.63) is 24.0 Å². The zero-order chi connectivity index (χ0) is 4.41. The van der Waals surface area contributed by atoms with Crippen LogP contribution in [0.25, 0.3) is 0 Å². The molecule has 1 heteroatoms. The van der Waals surface area contributed by atoms with Crippen molar-refractivity contribution in [3.8, 4) is 0 Å². The Morgan fingerprint density at radius 3 is 2.67 bits per heavy atom. The molecule has 1 N–H and O–H groups in total. The van der Waals surface area contributed by atoms with Crippen molar-refractivity contribution >= 4 is 0 Å². The highest BCUT2D eigenvalue weighted by atomic mass is 15.0. The predicted octanol–water partition coefficient (Wildman–Crippen LogP) is 1.01. The SMILES string of the molecule is CC=CC1=CN1. The van der Waals surface area contributed by atoms with E-state index in [1.165, 1.54) is 5.70 Å². The lowest BCUT2D eigenvalue weighted by Crippen LogP contribution is -1.68. The second-order valence-electron chi connectivity index (χ2n) is 1.24. The molecule has 32 valence electrons. The zero-order valence-electron chi connectivity index (χ0n) is 3.73. The minimum Gasteiger partial charge on any atom is -0.359 e. The quantitative estimate of drug-likeness (QED) is 0.500. The maximum absolute atomic E-state index is 2.94. The topological polar surface area (TPSA) is 21.9 Å². The van der Waals surface area contributed by atoms with Crippen molar-refractivity contribution in [3.63, 3.8) is 0 Å². The van der Waals surface area contributed by atoms with Gasteiger partial charge in [0.05, 0.1) is 5.70 Å². The number of hydrogen-bond donors (Lipinski definition) is 1. The van der Waals surface area contributed by atoms with E-state index in [0.717, 1.165) is 0 Å². The molecule has 0 radical (unpaired) electrons. The van der Waals surface area contributed by atoms with Crippen molar-refractivity contribution in [2.75, 3.05) is 0 Å². The summed E-state index contributed by atoms with van der Waals surface area (Å²) in [5.41, 5.74) is 1.23. The fourth-order valence-electron chi connectivity index (χ4n) is 0.317. The third kappa shape index (κ3) is 0.612. The van der Waals surface area contributed by atoms with E-state index in [2.05, 4.69) is 5.32 Å². The minimum atomic E-state index is 1.23. The van der Waals surface area contributed by atoms with Crippen LogP contribution in [0.1, 0.15) is 6.92 Å². The summed E-state index contributed by atoms with van der Waals surface area (Å²) in [6.45, 7) is 2.00. The number of nitrogens with one attached hydrogen (secondary N) is 1. The van der Waals surface area contributed by atoms with Crippen molar-refractivity contribution in [2.24, 2.45) is 0 Å². The van der Waals surface area contributed by atoms with Gasteiger partial charge < -0.3 is 5.32 Å². The first-order valence-corrected chi connectivity index (χ1v) is 2.03. The first-order valence-electron chi connectivity index (χ1n) is 2.03. The fourth-order valence-corrected chi connectivity index (χ4v) is 0.317. The standard InChI is InChI=1S/C5H7N/c1-2-3-5-4-6-5/h2-4,6H,1H3. The van der Waals surface area contributed by atoms with Gasteiger partial charge in [-0.2, -0.15) is 0 Å². The molecule has 0 saturated heterocycles. The fraction of sp³-hybridized carbons (Fsp3) is 0.200. The van der Waals surface area contributed by atoms with Gasteiger partial charge in [-0.15, -0.1) is 0 Å². The largest absolute Gasteiger partial charge is 0.359 e. The second-order valence-corrected chi connectivity index (χ2v) is 1.24. The molecule has 1 aliphatic rings. The number of allylic oxidation sites excluding steroid dienone is 2. The van der Waals surface area contributed by atoms with Crippen molar-refractivity contribution in [1.82, 2.24) is 5.32 Å². The molecule has 1 heterocycles. The van der Waals surface area contributed by atoms with Crippen molar-refractivity contribution < 1.29 is 0 Å². The lowest BCUT2D eigenvalue weighted by atomic mass is 10.5. The molecule has 0 unspecified atom stereocenters. The van der Waals surface area contributed by atoms with Crippen LogP contribution in [0.15, 0.2) is 24.0 Å². The maximum atomic E-state index is 2.94. The van der Waals surface area contributed by atoms with Gasteiger partial charge in [0.2, 0.25) is 0 Å². The van der Waals surface area contributed by atoms with E-state index in [0.29, 0.717) is 0 Å². The van der Waals surface area contributed by atoms with Crippen molar-refractivity contribution in [1.29, 1.82) is 0 Å². The van der Waals surface area contributed by atoms with Crippen LogP contribution >= 0.6 is 0 Å². The summed E-state index contributed by atoms with van der Waals surface area (Å²) >= 11 is 0. The molecule has 0 aromatic carbocycles. The van der Waals surface area contributed by atoms with Crippen LogP contribution in [0, 0.1) is 0 Å². The molecular formula is C5H7N. The summed E-state index contributed by atoms with van der Waals surface area (Å²) in [6.07, 6.45) is 5.99. The smallest absolute Gasteiger partial charge is 0.0540 e. The summed E-state index contributed by atoms with van der Waals surface area (Å²) in [4.78, 5) is 0. The van der Waals surface area contributed by atoms with Gasteiger partial charge in [0, 0.05) is 6.20 Å². The Morgan fingerprint density at radius 1 is 1.83 bits per heavy atom. The highest BCUT2D eigenvalue weighted by Gasteiger charge is 1.95. The molecule has 0 spiro atoms. The molecule has 0 aromatic heterocycles. The number of rotatable bonds is 1. The molecule has 0 fully saturated rings. The second kappa shape index (κ2) is 1.17. The summed E-state index contributed by atoms with van der Waals surface area (Å²) < 4.78 is 0. The Hall–Kier alpha value is -0.720. The molecule has 0 aliphatic carbocycles. The van der Waals surface area contributed by atoms with Crippen LogP contribution in [0.4, 0.5) is 0 Å². The summed E-state index contributed by atoms with van der Waals surface area (Å²) in [5.74, 6) is 0. The third-order valence-corrected chi connectivity index (χ3v) is 0.657. The summed E-state index contributed by atoms with van der Waals surface area (Å²) in [5, 5.41) is 2.94. The van der Waals surface area contributed by atoms with E-state index in [1.54, 1.807) is 0 Å². The van der Waals surface area contributed by atoms with E-state index in [4.69, 9.17) is 0 Å². The predicted molar refractivity (Wildman–Crippen MR) is 26.0 cm³/mol. The van der Waals surface area contributed by atoms with Gasteiger partial charge in [0.25, 0.3) is 0 Å². The van der Waals surface area contributed by atoms with Gasteiger partial charge in [-0.05, 0) is 13.0 Å². The van der Waals surface area contributed by atoms with E-state index in [9.17, 15) is 0 Å². The van der Waals surface area contributed by atoms with Crippen LogP contribution in [0.3, 0.4) is 0 Å². The highest BCUT2D eigenvalue weighted by molar-refractivity contribution is 5.28. The Bertz CT molecular complexity index is 101. The molecule has 0 aromatic rings. The van der Waals surface area contributed by atoms with E-state index < -0.39 is 0 Å². The van der Waals surface area contributed by atoms with Gasteiger partial charge in [-0.3, -0.25) is 0 Å². The molecule has 0 bridgehead atoms. The molecule has 1 rings (SSSR count). The minimum absolute atomic E-state index is 1.23. The normalized spacial score (nSPS) is 17.2. The van der Waals surface area contributed by atoms with E-state index in [-0.39, 0.29) is 0 Å². The van der Waals surface area contributed by atoms with Gasteiger partial charge in [0.15, 0.2) is 0 Å². The Balaban J connectivity index is 2.34. The van der Waals surface area contributed by atoms with Gasteiger partial charge >= 0.3 is 0 Å². The van der Waals surface area contributed by atoms with Crippen LogP contribution in [0.2, 0.25) is 0 Å². The lowest BCUT2D eigenvalue weighted by Gasteiger charge is -1.65. The van der Waals surface area contributed by atoms with Crippen LogP contribution < -0.4 is 5.32 Å². The average molecular weight is 81.1 g/mol. The van der Waals surface area contributed by atoms with Crippen LogP contribution in [-0.2, 0) is 0 Å². The Labute approximate surface area is 37.4 Å². The monoisotopic (exact) mass is 81.1 g/mol. The van der Waals surface area contributed by atoms with Gasteiger partial charge in [-0.25, -0.2) is 0 Å². The van der Waals surface area contributed by atoms with Gasteiger partial charge in [-0.1, -0.05) is 6.08 Å². The molecule has 0 amide bonds. The van der Waals surface area contributed by atoms with Crippen LogP contribution in [-0.4, -0.2) is 0 Å². The average Bonchev–Trinajstić information content (AvgIpc) is 2.21. The molecule has 1 nitrogen and oxygen atoms in total. The first kappa shape index (κ1) is 3.47. The lowest BCUT2D eigenvalue weighted by molar-refractivity contribution is 1.37. The number of hydrogen-bond acceptors (Lipinski definition) is 1. The molecule has 6 heavy (non-hydrogen) atoms. The summed E-state index contributed by atoms with van der Waals surface area (Å²) in [7, 11) is 0. The molecule has 1 aliphatic heterocycles. The molecular weight excluding hydrogens is 74.1 g/mol. The highest BCUT2D eigenvalue weighted by Crippen LogP contribution is 2.00. The third-order valence-electron chi connectivity index (χ3n) is 0.657. The van der Waals surface area contributed by atoms with E-state index in [1.807, 2.05) is 25.3 Å². The molecule has 0 saturated carbocycles.